The molecule has 138 valence electrons. The maximum Gasteiger partial charge on any atom is 0.319 e. The molecule has 0 unspecified atom stereocenters. The van der Waals surface area contributed by atoms with Crippen molar-refractivity contribution in [2.75, 3.05) is 12.1 Å². The van der Waals surface area contributed by atoms with E-state index >= 15 is 0 Å². The molecule has 0 saturated carbocycles. The molecule has 3 aromatic rings. The van der Waals surface area contributed by atoms with Gasteiger partial charge in [0.25, 0.3) is 0 Å². The number of thiazole rings is 1. The predicted molar refractivity (Wildman–Crippen MR) is 108 cm³/mol. The summed E-state index contributed by atoms with van der Waals surface area (Å²) in [6.45, 7) is 2.55. The normalized spacial score (nSPS) is 12.1. The van der Waals surface area contributed by atoms with Gasteiger partial charge < -0.3 is 20.1 Å². The predicted octanol–water partition coefficient (Wildman–Crippen LogP) is 4.93. The fourth-order valence-corrected chi connectivity index (χ4v) is 4.07. The SMILES string of the molecule is Cc1csc(-c2ccc(NC(=O)NCc3cc(Br)c4c(c3)OCO4)cc2)n1. The second-order valence-electron chi connectivity index (χ2n) is 5.99. The van der Waals surface area contributed by atoms with Gasteiger partial charge in [-0.05, 0) is 64.8 Å². The Balaban J connectivity index is 1.35. The fraction of sp³-hybridized carbons (Fsp3) is 0.158. The number of nitrogens with one attached hydrogen (secondary N) is 2. The highest BCUT2D eigenvalue weighted by atomic mass is 79.9. The highest BCUT2D eigenvalue weighted by Crippen LogP contribution is 2.39. The zero-order valence-electron chi connectivity index (χ0n) is 14.4. The lowest BCUT2D eigenvalue weighted by molar-refractivity contribution is 0.173. The standard InChI is InChI=1S/C19H16BrN3O3S/c1-11-9-27-18(22-11)13-2-4-14(5-3-13)23-19(24)21-8-12-6-15(20)17-16(7-12)25-10-26-17/h2-7,9H,8,10H2,1H3,(H2,21,23,24). The molecule has 27 heavy (non-hydrogen) atoms. The van der Waals surface area contributed by atoms with Crippen LogP contribution in [0.25, 0.3) is 10.6 Å². The quantitative estimate of drug-likeness (QED) is 0.596. The monoisotopic (exact) mass is 445 g/mol. The molecule has 0 radical (unpaired) electrons. The van der Waals surface area contributed by atoms with Crippen LogP contribution in [0.3, 0.4) is 0 Å². The van der Waals surface area contributed by atoms with Gasteiger partial charge in [-0.3, -0.25) is 0 Å². The van der Waals surface area contributed by atoms with Crippen molar-refractivity contribution in [3.63, 3.8) is 0 Å². The number of hydrogen-bond acceptors (Lipinski definition) is 5. The molecule has 0 spiro atoms. The lowest BCUT2D eigenvalue weighted by Gasteiger charge is -2.09. The van der Waals surface area contributed by atoms with E-state index in [-0.39, 0.29) is 12.8 Å². The van der Waals surface area contributed by atoms with E-state index in [0.29, 0.717) is 18.0 Å². The summed E-state index contributed by atoms with van der Waals surface area (Å²) < 4.78 is 11.6. The summed E-state index contributed by atoms with van der Waals surface area (Å²) in [7, 11) is 0. The summed E-state index contributed by atoms with van der Waals surface area (Å²) in [5.74, 6) is 1.37. The van der Waals surface area contributed by atoms with E-state index in [1.807, 2.05) is 48.7 Å². The third-order valence-electron chi connectivity index (χ3n) is 3.95. The Kier molecular flexibility index (Phi) is 5.00. The average Bonchev–Trinajstić information content (AvgIpc) is 3.30. The summed E-state index contributed by atoms with van der Waals surface area (Å²) in [5, 5.41) is 8.65. The molecule has 0 saturated heterocycles. The molecule has 0 bridgehead atoms. The highest BCUT2D eigenvalue weighted by molar-refractivity contribution is 9.10. The van der Waals surface area contributed by atoms with Crippen molar-refractivity contribution in [1.82, 2.24) is 10.3 Å². The van der Waals surface area contributed by atoms with E-state index in [1.165, 1.54) is 0 Å². The number of amides is 2. The molecule has 1 aliphatic heterocycles. The van der Waals surface area contributed by atoms with Crippen LogP contribution >= 0.6 is 27.3 Å². The van der Waals surface area contributed by atoms with Gasteiger partial charge in [0.05, 0.1) is 4.47 Å². The van der Waals surface area contributed by atoms with Gasteiger partial charge in [0.15, 0.2) is 11.5 Å². The zero-order chi connectivity index (χ0) is 18.8. The molecular weight excluding hydrogens is 430 g/mol. The molecular formula is C19H16BrN3O3S. The van der Waals surface area contributed by atoms with Gasteiger partial charge in [0, 0.05) is 28.9 Å². The number of ether oxygens (including phenoxy) is 2. The van der Waals surface area contributed by atoms with Crippen LogP contribution in [-0.4, -0.2) is 17.8 Å². The minimum atomic E-state index is -0.276. The van der Waals surface area contributed by atoms with Crippen LogP contribution in [-0.2, 0) is 6.54 Å². The number of benzene rings is 2. The van der Waals surface area contributed by atoms with Gasteiger partial charge in [-0.25, -0.2) is 9.78 Å². The topological polar surface area (TPSA) is 72.5 Å². The number of fused-ring (bicyclic) bond motifs is 1. The lowest BCUT2D eigenvalue weighted by Crippen LogP contribution is -2.28. The fourth-order valence-electron chi connectivity index (χ4n) is 2.66. The molecule has 2 N–H and O–H groups in total. The van der Waals surface area contributed by atoms with Crippen molar-refractivity contribution in [2.45, 2.75) is 13.5 Å². The van der Waals surface area contributed by atoms with E-state index in [4.69, 9.17) is 9.47 Å². The number of rotatable bonds is 4. The minimum absolute atomic E-state index is 0.210. The summed E-state index contributed by atoms with van der Waals surface area (Å²) >= 11 is 5.05. The average molecular weight is 446 g/mol. The van der Waals surface area contributed by atoms with Crippen molar-refractivity contribution in [3.05, 3.63) is 57.5 Å². The number of hydrogen-bond donors (Lipinski definition) is 2. The van der Waals surface area contributed by atoms with Gasteiger partial charge in [0.1, 0.15) is 5.01 Å². The summed E-state index contributed by atoms with van der Waals surface area (Å²) in [6.07, 6.45) is 0. The number of aryl methyl sites for hydroxylation is 1. The number of halogens is 1. The Morgan fingerprint density at radius 1 is 1.26 bits per heavy atom. The Labute approximate surface area is 168 Å². The van der Waals surface area contributed by atoms with Gasteiger partial charge in [-0.15, -0.1) is 11.3 Å². The summed E-state index contributed by atoms with van der Waals surface area (Å²) in [5.41, 5.74) is 3.67. The molecule has 2 heterocycles. The number of nitrogens with zero attached hydrogens (tertiary/aromatic N) is 1. The number of anilines is 1. The van der Waals surface area contributed by atoms with E-state index in [2.05, 4.69) is 31.5 Å². The molecule has 6 nitrogen and oxygen atoms in total. The second-order valence-corrected chi connectivity index (χ2v) is 7.70. The van der Waals surface area contributed by atoms with E-state index < -0.39 is 0 Å². The molecule has 0 atom stereocenters. The van der Waals surface area contributed by atoms with E-state index in [9.17, 15) is 4.79 Å². The van der Waals surface area contributed by atoms with Crippen LogP contribution in [0.1, 0.15) is 11.3 Å². The largest absolute Gasteiger partial charge is 0.454 e. The number of urea groups is 1. The first-order valence-electron chi connectivity index (χ1n) is 8.24. The smallest absolute Gasteiger partial charge is 0.319 e. The lowest BCUT2D eigenvalue weighted by atomic mass is 10.2. The molecule has 4 rings (SSSR count). The van der Waals surface area contributed by atoms with Gasteiger partial charge in [-0.2, -0.15) is 0 Å². The molecule has 2 amide bonds. The maximum absolute atomic E-state index is 12.2. The van der Waals surface area contributed by atoms with E-state index in [0.717, 1.165) is 32.0 Å². The Hall–Kier alpha value is -2.58. The van der Waals surface area contributed by atoms with Crippen LogP contribution in [0.2, 0.25) is 0 Å². The second kappa shape index (κ2) is 7.58. The Morgan fingerprint density at radius 3 is 2.81 bits per heavy atom. The summed E-state index contributed by atoms with van der Waals surface area (Å²) in [4.78, 5) is 16.6. The Morgan fingerprint density at radius 2 is 2.07 bits per heavy atom. The third kappa shape index (κ3) is 4.06. The van der Waals surface area contributed by atoms with Crippen LogP contribution in [0.4, 0.5) is 10.5 Å². The van der Waals surface area contributed by atoms with Gasteiger partial charge in [-0.1, -0.05) is 0 Å². The van der Waals surface area contributed by atoms with Crippen LogP contribution in [0.5, 0.6) is 11.5 Å². The first-order chi connectivity index (χ1) is 13.1. The zero-order valence-corrected chi connectivity index (χ0v) is 16.8. The molecule has 2 aromatic carbocycles. The van der Waals surface area contributed by atoms with Crippen molar-refractivity contribution in [1.29, 1.82) is 0 Å². The van der Waals surface area contributed by atoms with Crippen LogP contribution < -0.4 is 20.1 Å². The van der Waals surface area contributed by atoms with Crippen molar-refractivity contribution < 1.29 is 14.3 Å². The number of aromatic nitrogens is 1. The van der Waals surface area contributed by atoms with Crippen LogP contribution in [0, 0.1) is 6.92 Å². The molecule has 8 heteroatoms. The molecule has 0 aliphatic carbocycles. The van der Waals surface area contributed by atoms with Gasteiger partial charge in [0.2, 0.25) is 6.79 Å². The Bertz CT molecular complexity index is 988. The first kappa shape index (κ1) is 17.8. The van der Waals surface area contributed by atoms with E-state index in [1.54, 1.807) is 11.3 Å². The van der Waals surface area contributed by atoms with Gasteiger partial charge >= 0.3 is 6.03 Å². The number of carbonyl (C=O) groups excluding carboxylic acids is 1. The van der Waals surface area contributed by atoms with Crippen molar-refractivity contribution >= 4 is 39.0 Å². The summed E-state index contributed by atoms with van der Waals surface area (Å²) in [6, 6.07) is 11.1. The first-order valence-corrected chi connectivity index (χ1v) is 9.91. The minimum Gasteiger partial charge on any atom is -0.454 e. The molecule has 0 fully saturated rings. The van der Waals surface area contributed by atoms with Crippen molar-refractivity contribution in [3.8, 4) is 22.1 Å². The molecule has 1 aromatic heterocycles. The molecule has 1 aliphatic rings. The van der Waals surface area contributed by atoms with Crippen molar-refractivity contribution in [2.24, 2.45) is 0 Å². The van der Waals surface area contributed by atoms with Crippen LogP contribution in [0.15, 0.2) is 46.3 Å². The highest BCUT2D eigenvalue weighted by Gasteiger charge is 2.18. The number of carbonyl (C=O) groups is 1. The third-order valence-corrected chi connectivity index (χ3v) is 5.55. The maximum atomic E-state index is 12.2.